The second-order valence-electron chi connectivity index (χ2n) is 7.47. The Bertz CT molecular complexity index is 819. The highest BCUT2D eigenvalue weighted by Gasteiger charge is 2.31. The third-order valence-electron chi connectivity index (χ3n) is 5.44. The van der Waals surface area contributed by atoms with E-state index in [1.165, 1.54) is 35.7 Å². The fourth-order valence-electron chi connectivity index (χ4n) is 3.86. The molecular weight excluding hydrogens is 423 g/mol. The number of carbonyl (C=O) groups is 1. The Morgan fingerprint density at radius 2 is 1.79 bits per heavy atom. The quantitative estimate of drug-likeness (QED) is 0.688. The maximum absolute atomic E-state index is 13.0. The third-order valence-corrected chi connectivity index (χ3v) is 8.12. The first kappa shape index (κ1) is 21.8. The van der Waals surface area contributed by atoms with Gasteiger partial charge in [0.25, 0.3) is 5.91 Å². The number of nitrogens with zero attached hydrogens (tertiary/aromatic N) is 2. The molecular formula is C19H26Cl2N2O4S. The van der Waals surface area contributed by atoms with Gasteiger partial charge in [0.1, 0.15) is 4.90 Å². The Hall–Kier alpha value is -0.860. The summed E-state index contributed by atoms with van der Waals surface area (Å²) in [6.45, 7) is 1.82. The van der Waals surface area contributed by atoms with E-state index < -0.39 is 10.0 Å². The van der Waals surface area contributed by atoms with Crippen LogP contribution in [0, 0.1) is 5.92 Å². The van der Waals surface area contributed by atoms with Gasteiger partial charge in [-0.05, 0) is 30.9 Å². The Morgan fingerprint density at radius 3 is 2.43 bits per heavy atom. The van der Waals surface area contributed by atoms with Crippen LogP contribution >= 0.6 is 23.2 Å². The summed E-state index contributed by atoms with van der Waals surface area (Å²) in [6.07, 6.45) is 5.86. The number of carbonyl (C=O) groups excluding carboxylic acids is 1. The minimum atomic E-state index is -3.83. The van der Waals surface area contributed by atoms with Crippen LogP contribution in [0.5, 0.6) is 0 Å². The molecule has 2 aliphatic rings. The number of sulfonamides is 1. The Kier molecular flexibility index (Phi) is 7.26. The van der Waals surface area contributed by atoms with Crippen molar-refractivity contribution in [3.05, 3.63) is 27.7 Å². The van der Waals surface area contributed by atoms with Crippen molar-refractivity contribution in [2.45, 2.75) is 37.0 Å². The lowest BCUT2D eigenvalue weighted by molar-refractivity contribution is 0.0729. The Morgan fingerprint density at radius 1 is 1.14 bits per heavy atom. The highest BCUT2D eigenvalue weighted by atomic mass is 35.5. The van der Waals surface area contributed by atoms with Crippen LogP contribution in [0.25, 0.3) is 0 Å². The summed E-state index contributed by atoms with van der Waals surface area (Å²) in [5, 5.41) is 0.175. The van der Waals surface area contributed by atoms with E-state index in [9.17, 15) is 13.2 Å². The maximum atomic E-state index is 13.0. The van der Waals surface area contributed by atoms with Crippen molar-refractivity contribution in [3.63, 3.8) is 0 Å². The fraction of sp³-hybridized carbons (Fsp3) is 0.632. The van der Waals surface area contributed by atoms with E-state index in [4.69, 9.17) is 27.9 Å². The van der Waals surface area contributed by atoms with Gasteiger partial charge < -0.3 is 9.64 Å². The van der Waals surface area contributed by atoms with Gasteiger partial charge in [0.2, 0.25) is 10.0 Å². The summed E-state index contributed by atoms with van der Waals surface area (Å²) in [4.78, 5) is 14.5. The molecule has 0 bridgehead atoms. The molecule has 0 atom stereocenters. The normalized spacial score (nSPS) is 19.5. The van der Waals surface area contributed by atoms with Crippen LogP contribution in [0.1, 0.15) is 42.5 Å². The average molecular weight is 449 g/mol. The van der Waals surface area contributed by atoms with Crippen LogP contribution in [0.3, 0.4) is 0 Å². The number of ether oxygens (including phenoxy) is 1. The van der Waals surface area contributed by atoms with E-state index in [1.807, 2.05) is 0 Å². The molecule has 0 aromatic heterocycles. The topological polar surface area (TPSA) is 66.9 Å². The summed E-state index contributed by atoms with van der Waals surface area (Å²) in [5.41, 5.74) is 0.163. The number of hydrogen-bond acceptors (Lipinski definition) is 4. The second kappa shape index (κ2) is 9.30. The van der Waals surface area contributed by atoms with Crippen LogP contribution in [0.2, 0.25) is 10.0 Å². The number of benzene rings is 1. The number of amides is 1. The van der Waals surface area contributed by atoms with Crippen LogP contribution in [0.4, 0.5) is 0 Å². The molecule has 0 N–H and O–H groups in total. The summed E-state index contributed by atoms with van der Waals surface area (Å²) < 4.78 is 32.5. The fourth-order valence-corrected chi connectivity index (χ4v) is 6.10. The summed E-state index contributed by atoms with van der Waals surface area (Å²) >= 11 is 12.5. The largest absolute Gasteiger partial charge is 0.379 e. The summed E-state index contributed by atoms with van der Waals surface area (Å²) in [6, 6.07) is 2.66. The minimum absolute atomic E-state index is 0.0166. The number of halogens is 2. The lowest BCUT2D eigenvalue weighted by atomic mass is 9.89. The first-order chi connectivity index (χ1) is 13.3. The molecule has 1 amide bonds. The highest BCUT2D eigenvalue weighted by Crippen LogP contribution is 2.32. The zero-order valence-electron chi connectivity index (χ0n) is 16.0. The Labute approximate surface area is 176 Å². The van der Waals surface area contributed by atoms with Crippen LogP contribution < -0.4 is 0 Å². The number of hydrogen-bond donors (Lipinski definition) is 0. The molecule has 28 heavy (non-hydrogen) atoms. The van der Waals surface area contributed by atoms with Crippen LogP contribution in [0.15, 0.2) is 17.0 Å². The van der Waals surface area contributed by atoms with Gasteiger partial charge in [-0.25, -0.2) is 8.42 Å². The van der Waals surface area contributed by atoms with E-state index in [2.05, 4.69) is 0 Å². The lowest BCUT2D eigenvalue weighted by Crippen LogP contribution is -2.40. The van der Waals surface area contributed by atoms with E-state index in [0.717, 1.165) is 12.8 Å². The van der Waals surface area contributed by atoms with Crippen molar-refractivity contribution >= 4 is 39.1 Å². The third kappa shape index (κ3) is 4.82. The zero-order valence-corrected chi connectivity index (χ0v) is 18.3. The first-order valence-electron chi connectivity index (χ1n) is 9.63. The molecule has 2 fully saturated rings. The van der Waals surface area contributed by atoms with Crippen molar-refractivity contribution in [2.24, 2.45) is 5.92 Å². The van der Waals surface area contributed by atoms with E-state index in [1.54, 1.807) is 11.9 Å². The van der Waals surface area contributed by atoms with Crippen molar-refractivity contribution in [2.75, 3.05) is 39.9 Å². The average Bonchev–Trinajstić information content (AvgIpc) is 2.69. The highest BCUT2D eigenvalue weighted by molar-refractivity contribution is 7.89. The molecule has 1 aliphatic carbocycles. The van der Waals surface area contributed by atoms with Crippen LogP contribution in [-0.2, 0) is 14.8 Å². The van der Waals surface area contributed by atoms with Crippen molar-refractivity contribution < 1.29 is 17.9 Å². The SMILES string of the molecule is CN(CC1CCCCC1)C(=O)c1cc(S(=O)(=O)N2CCOCC2)c(Cl)cc1Cl. The van der Waals surface area contributed by atoms with Gasteiger partial charge >= 0.3 is 0 Å². The van der Waals surface area contributed by atoms with Gasteiger partial charge in [0.15, 0.2) is 0 Å². The van der Waals surface area contributed by atoms with Gasteiger partial charge in [-0.15, -0.1) is 0 Å². The van der Waals surface area contributed by atoms with E-state index in [-0.39, 0.29) is 39.5 Å². The van der Waals surface area contributed by atoms with Crippen molar-refractivity contribution in [3.8, 4) is 0 Å². The molecule has 1 aliphatic heterocycles. The van der Waals surface area contributed by atoms with Gasteiger partial charge in [-0.1, -0.05) is 42.5 Å². The van der Waals surface area contributed by atoms with Gasteiger partial charge in [0, 0.05) is 26.7 Å². The molecule has 1 saturated carbocycles. The smallest absolute Gasteiger partial charge is 0.255 e. The van der Waals surface area contributed by atoms with Crippen molar-refractivity contribution in [1.29, 1.82) is 0 Å². The standard InChI is InChI=1S/C19H26Cl2N2O4S/c1-22(13-14-5-3-2-4-6-14)19(24)15-11-18(17(21)12-16(15)20)28(25,26)23-7-9-27-10-8-23/h11-12,14H,2-10,13H2,1H3. The van der Waals surface area contributed by atoms with Crippen LogP contribution in [-0.4, -0.2) is 63.4 Å². The van der Waals surface area contributed by atoms with E-state index in [0.29, 0.717) is 25.7 Å². The van der Waals surface area contributed by atoms with Gasteiger partial charge in [-0.3, -0.25) is 4.79 Å². The molecule has 6 nitrogen and oxygen atoms in total. The molecule has 0 spiro atoms. The molecule has 3 rings (SSSR count). The zero-order chi connectivity index (χ0) is 20.3. The molecule has 0 unspecified atom stereocenters. The van der Waals surface area contributed by atoms with Gasteiger partial charge in [0.05, 0.1) is 28.8 Å². The minimum Gasteiger partial charge on any atom is -0.379 e. The molecule has 1 heterocycles. The molecule has 1 aromatic carbocycles. The predicted molar refractivity (Wildman–Crippen MR) is 110 cm³/mol. The summed E-state index contributed by atoms with van der Waals surface area (Å²) in [7, 11) is -2.09. The first-order valence-corrected chi connectivity index (χ1v) is 11.8. The molecule has 9 heteroatoms. The van der Waals surface area contributed by atoms with E-state index >= 15 is 0 Å². The molecule has 1 saturated heterocycles. The lowest BCUT2D eigenvalue weighted by Gasteiger charge is -2.28. The predicted octanol–water partition coefficient (Wildman–Crippen LogP) is 3.67. The molecule has 1 aromatic rings. The van der Waals surface area contributed by atoms with Crippen molar-refractivity contribution in [1.82, 2.24) is 9.21 Å². The monoisotopic (exact) mass is 448 g/mol. The summed E-state index contributed by atoms with van der Waals surface area (Å²) in [5.74, 6) is 0.191. The second-order valence-corrected chi connectivity index (χ2v) is 10.2. The Balaban J connectivity index is 1.85. The van der Waals surface area contributed by atoms with Gasteiger partial charge in [-0.2, -0.15) is 4.31 Å². The molecule has 156 valence electrons. The maximum Gasteiger partial charge on any atom is 0.255 e. The number of morpholine rings is 1. The number of rotatable bonds is 5. The molecule has 0 radical (unpaired) electrons.